The molecule has 3 aromatic carbocycles. The second-order valence-corrected chi connectivity index (χ2v) is 8.94. The lowest BCUT2D eigenvalue weighted by Crippen LogP contribution is -2.42. The van der Waals surface area contributed by atoms with Crippen LogP contribution in [0.1, 0.15) is 10.4 Å². The lowest BCUT2D eigenvalue weighted by atomic mass is 10.0. The van der Waals surface area contributed by atoms with Crippen molar-refractivity contribution in [3.05, 3.63) is 82.5 Å². The number of amides is 1. The van der Waals surface area contributed by atoms with Crippen LogP contribution in [0.4, 0.5) is 15.9 Å². The number of hydrogen-bond acceptors (Lipinski definition) is 6. The highest BCUT2D eigenvalue weighted by atomic mass is 19.1. The van der Waals surface area contributed by atoms with Crippen LogP contribution in [0.25, 0.3) is 27.4 Å². The molecule has 2 aliphatic rings. The molecule has 9 nitrogen and oxygen atoms in total. The molecule has 1 saturated heterocycles. The van der Waals surface area contributed by atoms with Crippen LogP contribution in [0.5, 0.6) is 11.5 Å². The number of ether oxygens (including phenoxy) is 2. The second-order valence-electron chi connectivity index (χ2n) is 8.94. The predicted molar refractivity (Wildman–Crippen MR) is 136 cm³/mol. The third-order valence-electron chi connectivity index (χ3n) is 6.80. The highest BCUT2D eigenvalue weighted by Gasteiger charge is 2.31. The number of rotatable bonds is 3. The van der Waals surface area contributed by atoms with Gasteiger partial charge in [0.15, 0.2) is 17.3 Å². The number of aromatic amines is 1. The number of halogens is 1. The van der Waals surface area contributed by atoms with Crippen LogP contribution in [-0.2, 0) is 4.74 Å². The molecular formula is C27H20FN5O4. The van der Waals surface area contributed by atoms with Crippen LogP contribution < -0.4 is 15.5 Å². The summed E-state index contributed by atoms with van der Waals surface area (Å²) in [4.78, 5) is 28.7. The normalized spacial score (nSPS) is 14.5. The summed E-state index contributed by atoms with van der Waals surface area (Å²) in [7, 11) is 0. The summed E-state index contributed by atoms with van der Waals surface area (Å²) in [5.41, 5.74) is 0.510. The van der Waals surface area contributed by atoms with Crippen molar-refractivity contribution in [3.63, 3.8) is 0 Å². The van der Waals surface area contributed by atoms with Crippen LogP contribution in [0.3, 0.4) is 0 Å². The lowest BCUT2D eigenvalue weighted by Gasteiger charge is -2.29. The maximum Gasteiger partial charge on any atom is 0.259 e. The van der Waals surface area contributed by atoms with Gasteiger partial charge in [-0.2, -0.15) is 5.10 Å². The van der Waals surface area contributed by atoms with Crippen molar-refractivity contribution in [1.29, 1.82) is 0 Å². The summed E-state index contributed by atoms with van der Waals surface area (Å²) in [6.45, 7) is 1.56. The Hall–Kier alpha value is -4.70. The fourth-order valence-electron chi connectivity index (χ4n) is 5.04. The van der Waals surface area contributed by atoms with E-state index in [0.29, 0.717) is 49.1 Å². The van der Waals surface area contributed by atoms with E-state index >= 15 is 4.39 Å². The zero-order valence-electron chi connectivity index (χ0n) is 19.5. The molecule has 4 heterocycles. The number of fused-ring (bicyclic) bond motifs is 4. The van der Waals surface area contributed by atoms with Gasteiger partial charge in [-0.15, -0.1) is 0 Å². The summed E-state index contributed by atoms with van der Waals surface area (Å²) < 4.78 is 29.0. The first-order chi connectivity index (χ1) is 18.1. The minimum absolute atomic E-state index is 0.0326. The van der Waals surface area contributed by atoms with Crippen LogP contribution in [0, 0.1) is 5.82 Å². The molecule has 0 unspecified atom stereocenters. The molecule has 2 aromatic heterocycles. The van der Waals surface area contributed by atoms with Crippen molar-refractivity contribution in [2.75, 3.05) is 31.6 Å². The largest absolute Gasteiger partial charge is 0.451 e. The van der Waals surface area contributed by atoms with E-state index in [2.05, 4.69) is 15.5 Å². The SMILES string of the molecule is O=C(c1cn2c3c(c(Nc4ccn[nH]4)c(F)cc3c1=O)Oc1ccc3ccccc3c1-2)N1CCOCC1. The Morgan fingerprint density at radius 1 is 1.08 bits per heavy atom. The zero-order valence-corrected chi connectivity index (χ0v) is 19.5. The van der Waals surface area contributed by atoms with Gasteiger partial charge >= 0.3 is 0 Å². The summed E-state index contributed by atoms with van der Waals surface area (Å²) >= 11 is 0. The number of nitrogens with one attached hydrogen (secondary N) is 2. The van der Waals surface area contributed by atoms with Crippen molar-refractivity contribution in [2.24, 2.45) is 0 Å². The quantitative estimate of drug-likeness (QED) is 0.378. The van der Waals surface area contributed by atoms with E-state index in [0.717, 1.165) is 16.8 Å². The molecule has 10 heteroatoms. The summed E-state index contributed by atoms with van der Waals surface area (Å²) in [6, 6.07) is 14.3. The molecule has 0 aliphatic carbocycles. The number of aromatic nitrogens is 3. The van der Waals surface area contributed by atoms with Gasteiger partial charge in [-0.1, -0.05) is 30.3 Å². The predicted octanol–water partition coefficient (Wildman–Crippen LogP) is 4.33. The van der Waals surface area contributed by atoms with Gasteiger partial charge in [0, 0.05) is 30.7 Å². The smallest absolute Gasteiger partial charge is 0.259 e. The molecule has 0 atom stereocenters. The van der Waals surface area contributed by atoms with Gasteiger partial charge in [0.25, 0.3) is 5.91 Å². The standard InChI is InChI=1S/C27H20FN5O4/c28-19-13-17-24-26(22(19)30-21-7-8-29-31-21)37-20-6-5-15-3-1-2-4-16(15)23(20)33(24)14-18(25(17)34)27(35)32-9-11-36-12-10-32/h1-8,13-14H,9-12H2,(H2,29,30,31). The molecule has 2 aliphatic heterocycles. The topological polar surface area (TPSA) is 101 Å². The lowest BCUT2D eigenvalue weighted by molar-refractivity contribution is 0.0302. The first-order valence-corrected chi connectivity index (χ1v) is 11.9. The van der Waals surface area contributed by atoms with Gasteiger partial charge in [-0.3, -0.25) is 14.7 Å². The van der Waals surface area contributed by atoms with Crippen LogP contribution >= 0.6 is 0 Å². The van der Waals surface area contributed by atoms with E-state index in [9.17, 15) is 9.59 Å². The molecule has 0 spiro atoms. The van der Waals surface area contributed by atoms with E-state index in [1.165, 1.54) is 6.20 Å². The Balaban J connectivity index is 1.55. The Labute approximate surface area is 209 Å². The monoisotopic (exact) mass is 497 g/mol. The molecule has 37 heavy (non-hydrogen) atoms. The molecule has 0 saturated carbocycles. The summed E-state index contributed by atoms with van der Waals surface area (Å²) in [5, 5.41) is 11.5. The molecular weight excluding hydrogens is 477 g/mol. The van der Waals surface area contributed by atoms with Gasteiger partial charge in [-0.05, 0) is 17.5 Å². The minimum Gasteiger partial charge on any atom is -0.451 e. The highest BCUT2D eigenvalue weighted by Crippen LogP contribution is 2.47. The molecule has 7 rings (SSSR count). The maximum atomic E-state index is 15.6. The number of nitrogens with zero attached hydrogens (tertiary/aromatic N) is 3. The third-order valence-corrected chi connectivity index (χ3v) is 6.80. The molecule has 1 fully saturated rings. The van der Waals surface area contributed by atoms with Crippen molar-refractivity contribution in [1.82, 2.24) is 19.7 Å². The van der Waals surface area contributed by atoms with Crippen molar-refractivity contribution in [3.8, 4) is 17.2 Å². The average Bonchev–Trinajstić information content (AvgIpc) is 3.45. The summed E-state index contributed by atoms with van der Waals surface area (Å²) in [6.07, 6.45) is 3.09. The minimum atomic E-state index is -0.694. The maximum absolute atomic E-state index is 15.6. The van der Waals surface area contributed by atoms with E-state index in [1.54, 1.807) is 27.8 Å². The van der Waals surface area contributed by atoms with Crippen LogP contribution in [0.15, 0.2) is 65.7 Å². The van der Waals surface area contributed by atoms with E-state index in [-0.39, 0.29) is 22.4 Å². The number of benzene rings is 3. The first kappa shape index (κ1) is 21.6. The first-order valence-electron chi connectivity index (χ1n) is 11.9. The van der Waals surface area contributed by atoms with Crippen molar-refractivity contribution < 1.29 is 18.7 Å². The van der Waals surface area contributed by atoms with E-state index in [1.807, 2.05) is 30.3 Å². The third kappa shape index (κ3) is 3.30. The number of H-pyrrole nitrogens is 1. The fraction of sp³-hybridized carbons (Fsp3) is 0.148. The van der Waals surface area contributed by atoms with Gasteiger partial charge in [-0.25, -0.2) is 4.39 Å². The molecule has 5 aromatic rings. The molecule has 0 bridgehead atoms. The highest BCUT2D eigenvalue weighted by molar-refractivity contribution is 6.04. The fourth-order valence-corrected chi connectivity index (χ4v) is 5.04. The van der Waals surface area contributed by atoms with Gasteiger partial charge in [0.05, 0.1) is 30.5 Å². The van der Waals surface area contributed by atoms with Gasteiger partial charge in [0.2, 0.25) is 5.43 Å². The molecule has 184 valence electrons. The zero-order chi connectivity index (χ0) is 25.1. The van der Waals surface area contributed by atoms with Crippen LogP contribution in [0.2, 0.25) is 0 Å². The van der Waals surface area contributed by atoms with Crippen molar-refractivity contribution >= 4 is 39.1 Å². The number of carbonyl (C=O) groups excluding carboxylic acids is 1. The van der Waals surface area contributed by atoms with Gasteiger partial charge < -0.3 is 24.3 Å². The number of carbonyl (C=O) groups is 1. The Bertz CT molecular complexity index is 1770. The number of hydrogen-bond donors (Lipinski definition) is 2. The second kappa shape index (κ2) is 8.17. The number of anilines is 2. The van der Waals surface area contributed by atoms with E-state index in [4.69, 9.17) is 9.47 Å². The number of pyridine rings is 1. The Kier molecular flexibility index (Phi) is 4.76. The summed E-state index contributed by atoms with van der Waals surface area (Å²) in [5.74, 6) is -0.0285. The Morgan fingerprint density at radius 2 is 1.92 bits per heavy atom. The average molecular weight is 497 g/mol. The molecule has 1 amide bonds. The molecule has 2 N–H and O–H groups in total. The van der Waals surface area contributed by atoms with Crippen molar-refractivity contribution in [2.45, 2.75) is 0 Å². The van der Waals surface area contributed by atoms with Crippen LogP contribution in [-0.4, -0.2) is 51.9 Å². The Morgan fingerprint density at radius 3 is 2.73 bits per heavy atom. The number of morpholine rings is 1. The van der Waals surface area contributed by atoms with Gasteiger partial charge in [0.1, 0.15) is 22.6 Å². The van der Waals surface area contributed by atoms with E-state index < -0.39 is 17.2 Å². The molecule has 0 radical (unpaired) electrons.